The third-order valence-electron chi connectivity index (χ3n) is 5.26. The number of carbonyl (C=O) groups excluding carboxylic acids is 1. The number of rotatable bonds is 5. The van der Waals surface area contributed by atoms with E-state index in [0.717, 1.165) is 17.7 Å². The molecule has 1 saturated heterocycles. The third-order valence-corrected chi connectivity index (χ3v) is 5.26. The Morgan fingerprint density at radius 2 is 1.53 bits per heavy atom. The number of nitrogens with zero attached hydrogens (tertiary/aromatic N) is 3. The first-order valence-electron chi connectivity index (χ1n) is 10.5. The van der Waals surface area contributed by atoms with Crippen molar-refractivity contribution in [2.24, 2.45) is 0 Å². The van der Waals surface area contributed by atoms with Crippen molar-refractivity contribution in [3.8, 4) is 17.4 Å². The number of pyridine rings is 1. The molecule has 10 heteroatoms. The summed E-state index contributed by atoms with van der Waals surface area (Å²) in [6.45, 7) is 3.01. The maximum absolute atomic E-state index is 13.0. The number of benzene rings is 2. The van der Waals surface area contributed by atoms with Crippen LogP contribution in [0.2, 0.25) is 0 Å². The van der Waals surface area contributed by atoms with E-state index in [1.807, 2.05) is 0 Å². The van der Waals surface area contributed by atoms with Crippen LogP contribution in [0.4, 0.5) is 22.4 Å². The molecule has 1 aliphatic heterocycles. The molecular weight excluding hydrogens is 454 g/mol. The lowest BCUT2D eigenvalue weighted by molar-refractivity contribution is -0.137. The zero-order valence-corrected chi connectivity index (χ0v) is 18.0. The minimum absolute atomic E-state index is 0.0104. The van der Waals surface area contributed by atoms with Gasteiger partial charge in [-0.05, 0) is 48.0 Å². The predicted octanol–water partition coefficient (Wildman–Crippen LogP) is 5.35. The van der Waals surface area contributed by atoms with Gasteiger partial charge in [0.2, 0.25) is 5.88 Å². The summed E-state index contributed by atoms with van der Waals surface area (Å²) in [5.74, 6) is 0.386. The largest absolute Gasteiger partial charge is 0.439 e. The van der Waals surface area contributed by atoms with Gasteiger partial charge in [-0.2, -0.15) is 13.2 Å². The number of hydrogen-bond donors (Lipinski definition) is 0. The van der Waals surface area contributed by atoms with Crippen LogP contribution in [0, 0.1) is 5.82 Å². The Hall–Kier alpha value is -3.66. The van der Waals surface area contributed by atoms with Crippen LogP contribution in [0.5, 0.6) is 17.4 Å². The molecule has 1 amide bonds. The molecule has 2 aromatic carbocycles. The van der Waals surface area contributed by atoms with Crippen molar-refractivity contribution in [3.05, 3.63) is 83.8 Å². The van der Waals surface area contributed by atoms with Gasteiger partial charge in [0.1, 0.15) is 17.3 Å². The highest BCUT2D eigenvalue weighted by molar-refractivity contribution is 5.70. The lowest BCUT2D eigenvalue weighted by Gasteiger charge is -2.34. The minimum atomic E-state index is -4.47. The number of halogens is 4. The van der Waals surface area contributed by atoms with E-state index in [1.54, 1.807) is 17.0 Å². The van der Waals surface area contributed by atoms with E-state index in [-0.39, 0.29) is 11.7 Å². The van der Waals surface area contributed by atoms with Gasteiger partial charge in [0, 0.05) is 45.0 Å². The number of alkyl halides is 3. The van der Waals surface area contributed by atoms with Crippen LogP contribution < -0.4 is 9.47 Å². The summed E-state index contributed by atoms with van der Waals surface area (Å²) in [7, 11) is 0. The Kier molecular flexibility index (Phi) is 6.97. The number of hydrogen-bond acceptors (Lipinski definition) is 5. The average molecular weight is 475 g/mol. The molecule has 3 aromatic rings. The lowest BCUT2D eigenvalue weighted by Crippen LogP contribution is -2.49. The van der Waals surface area contributed by atoms with Crippen molar-refractivity contribution in [1.82, 2.24) is 14.8 Å². The van der Waals surface area contributed by atoms with Gasteiger partial charge in [-0.15, -0.1) is 0 Å². The molecule has 0 N–H and O–H groups in total. The van der Waals surface area contributed by atoms with Crippen molar-refractivity contribution in [2.75, 3.05) is 26.2 Å². The highest BCUT2D eigenvalue weighted by atomic mass is 19.4. The molecule has 178 valence electrons. The number of amides is 1. The molecule has 2 heterocycles. The molecular formula is C24H21F4N3O3. The van der Waals surface area contributed by atoms with E-state index < -0.39 is 17.8 Å². The van der Waals surface area contributed by atoms with Crippen LogP contribution in [0.25, 0.3) is 0 Å². The van der Waals surface area contributed by atoms with E-state index >= 15 is 0 Å². The second-order valence-corrected chi connectivity index (χ2v) is 7.71. The molecule has 4 rings (SSSR count). The molecule has 0 aliphatic carbocycles. The summed E-state index contributed by atoms with van der Waals surface area (Å²) in [4.78, 5) is 19.9. The lowest BCUT2D eigenvalue weighted by atomic mass is 10.2. The Bertz CT molecular complexity index is 1100. The maximum atomic E-state index is 13.0. The molecule has 1 fully saturated rings. The van der Waals surface area contributed by atoms with Crippen LogP contribution >= 0.6 is 0 Å². The molecule has 1 aromatic heterocycles. The van der Waals surface area contributed by atoms with Gasteiger partial charge in [0.25, 0.3) is 0 Å². The summed E-state index contributed by atoms with van der Waals surface area (Å²) >= 11 is 0. The average Bonchev–Trinajstić information content (AvgIpc) is 2.82. The van der Waals surface area contributed by atoms with Crippen LogP contribution in [0.1, 0.15) is 11.1 Å². The van der Waals surface area contributed by atoms with Crippen LogP contribution in [0.3, 0.4) is 0 Å². The van der Waals surface area contributed by atoms with Gasteiger partial charge in [-0.1, -0.05) is 12.1 Å². The standard InChI is InChI=1S/C24H21F4N3O3/c25-19-4-1-17(2-5-19)16-30-11-13-31(14-12-30)23(32)34-21-8-6-20(7-9-21)33-22-10-3-18(15-29-22)24(26,27)28/h1-10,15H,11-14,16H2. The quantitative estimate of drug-likeness (QED) is 0.466. The highest BCUT2D eigenvalue weighted by Gasteiger charge is 2.30. The zero-order valence-electron chi connectivity index (χ0n) is 18.0. The van der Waals surface area contributed by atoms with Crippen molar-refractivity contribution in [1.29, 1.82) is 0 Å². The van der Waals surface area contributed by atoms with Crippen LogP contribution in [-0.4, -0.2) is 47.1 Å². The second-order valence-electron chi connectivity index (χ2n) is 7.71. The van der Waals surface area contributed by atoms with Gasteiger partial charge in [-0.25, -0.2) is 14.2 Å². The Morgan fingerprint density at radius 3 is 2.12 bits per heavy atom. The maximum Gasteiger partial charge on any atom is 0.417 e. The van der Waals surface area contributed by atoms with Crippen molar-refractivity contribution in [3.63, 3.8) is 0 Å². The number of carbonyl (C=O) groups is 1. The van der Waals surface area contributed by atoms with Gasteiger partial charge in [0.05, 0.1) is 5.56 Å². The topological polar surface area (TPSA) is 54.9 Å². The van der Waals surface area contributed by atoms with E-state index in [4.69, 9.17) is 9.47 Å². The summed E-state index contributed by atoms with van der Waals surface area (Å²) in [6.07, 6.45) is -4.24. The number of aromatic nitrogens is 1. The molecule has 0 unspecified atom stereocenters. The van der Waals surface area contributed by atoms with Crippen molar-refractivity contribution in [2.45, 2.75) is 12.7 Å². The summed E-state index contributed by atoms with van der Waals surface area (Å²) in [5, 5.41) is 0. The second kappa shape index (κ2) is 10.1. The fraction of sp³-hybridized carbons (Fsp3) is 0.250. The first kappa shape index (κ1) is 23.5. The molecule has 0 bridgehead atoms. The Morgan fingerprint density at radius 1 is 0.882 bits per heavy atom. The predicted molar refractivity (Wildman–Crippen MR) is 115 cm³/mol. The van der Waals surface area contributed by atoms with Gasteiger partial charge in [-0.3, -0.25) is 4.90 Å². The third kappa shape index (κ3) is 6.22. The molecule has 34 heavy (non-hydrogen) atoms. The first-order valence-corrected chi connectivity index (χ1v) is 10.5. The molecule has 0 radical (unpaired) electrons. The van der Waals surface area contributed by atoms with Crippen LogP contribution in [0.15, 0.2) is 66.9 Å². The molecule has 6 nitrogen and oxygen atoms in total. The monoisotopic (exact) mass is 475 g/mol. The first-order chi connectivity index (χ1) is 16.3. The van der Waals surface area contributed by atoms with Crippen molar-refractivity contribution < 1.29 is 31.8 Å². The number of ether oxygens (including phenoxy) is 2. The number of piperazine rings is 1. The fourth-order valence-electron chi connectivity index (χ4n) is 3.41. The summed E-state index contributed by atoms with van der Waals surface area (Å²) in [6, 6.07) is 14.5. The SMILES string of the molecule is O=C(Oc1ccc(Oc2ccc(C(F)(F)F)cn2)cc1)N1CCN(Cc2ccc(F)cc2)CC1. The van der Waals surface area contributed by atoms with Gasteiger partial charge >= 0.3 is 12.3 Å². The summed E-state index contributed by atoms with van der Waals surface area (Å²) < 4.78 is 61.7. The van der Waals surface area contributed by atoms with E-state index in [2.05, 4.69) is 9.88 Å². The summed E-state index contributed by atoms with van der Waals surface area (Å²) in [5.41, 5.74) is 0.143. The Balaban J connectivity index is 1.25. The van der Waals surface area contributed by atoms with E-state index in [1.165, 1.54) is 36.4 Å². The van der Waals surface area contributed by atoms with E-state index in [0.29, 0.717) is 50.4 Å². The minimum Gasteiger partial charge on any atom is -0.439 e. The van der Waals surface area contributed by atoms with Crippen molar-refractivity contribution >= 4 is 6.09 Å². The van der Waals surface area contributed by atoms with Crippen LogP contribution in [-0.2, 0) is 12.7 Å². The molecule has 0 spiro atoms. The molecule has 0 saturated carbocycles. The van der Waals surface area contributed by atoms with E-state index in [9.17, 15) is 22.4 Å². The zero-order chi connectivity index (χ0) is 24.1. The Labute approximate surface area is 193 Å². The fourth-order valence-corrected chi connectivity index (χ4v) is 3.41. The normalized spacial score (nSPS) is 14.6. The smallest absolute Gasteiger partial charge is 0.417 e. The van der Waals surface area contributed by atoms with Gasteiger partial charge < -0.3 is 14.4 Å². The highest BCUT2D eigenvalue weighted by Crippen LogP contribution is 2.30. The molecule has 0 atom stereocenters. The molecule has 1 aliphatic rings. The van der Waals surface area contributed by atoms with Gasteiger partial charge in [0.15, 0.2) is 0 Å².